The molecule has 2 fully saturated rings. The van der Waals surface area contributed by atoms with Gasteiger partial charge in [0.1, 0.15) is 5.69 Å². The van der Waals surface area contributed by atoms with Crippen molar-refractivity contribution in [3.8, 4) is 11.8 Å². The van der Waals surface area contributed by atoms with Gasteiger partial charge in [0.25, 0.3) is 0 Å². The zero-order valence-electron chi connectivity index (χ0n) is 14.3. The molecular formula is C20H29N3. The van der Waals surface area contributed by atoms with Crippen LogP contribution in [-0.4, -0.2) is 47.5 Å². The fourth-order valence-electron chi connectivity index (χ4n) is 3.53. The lowest BCUT2D eigenvalue weighted by atomic mass is 10.1. The summed E-state index contributed by atoms with van der Waals surface area (Å²) in [7, 11) is 0. The van der Waals surface area contributed by atoms with Gasteiger partial charge in [0, 0.05) is 19.5 Å². The highest BCUT2D eigenvalue weighted by molar-refractivity contribution is 5.28. The van der Waals surface area contributed by atoms with Crippen LogP contribution in [0.2, 0.25) is 0 Å². The maximum absolute atomic E-state index is 4.72. The SMILES string of the molecule is C(#Cc1cccc(CN2CCCCC2)n1)CCN1CCCCC1. The van der Waals surface area contributed by atoms with E-state index in [2.05, 4.69) is 33.8 Å². The third kappa shape index (κ3) is 5.64. The molecule has 0 radical (unpaired) electrons. The number of piperidine rings is 2. The Morgan fingerprint density at radius 2 is 1.57 bits per heavy atom. The Bertz CT molecular complexity index is 531. The number of aromatic nitrogens is 1. The maximum atomic E-state index is 4.72. The fraction of sp³-hybridized carbons (Fsp3) is 0.650. The van der Waals surface area contributed by atoms with E-state index in [1.807, 2.05) is 6.07 Å². The minimum Gasteiger partial charge on any atom is -0.302 e. The lowest BCUT2D eigenvalue weighted by Gasteiger charge is -2.25. The van der Waals surface area contributed by atoms with E-state index in [4.69, 9.17) is 4.98 Å². The molecular weight excluding hydrogens is 282 g/mol. The number of nitrogens with zero attached hydrogens (tertiary/aromatic N) is 3. The highest BCUT2D eigenvalue weighted by Crippen LogP contribution is 2.12. The zero-order valence-corrected chi connectivity index (χ0v) is 14.3. The van der Waals surface area contributed by atoms with Crippen LogP contribution in [0.15, 0.2) is 18.2 Å². The predicted molar refractivity (Wildman–Crippen MR) is 95.2 cm³/mol. The molecule has 3 rings (SSSR count). The van der Waals surface area contributed by atoms with Gasteiger partial charge in [-0.1, -0.05) is 24.8 Å². The van der Waals surface area contributed by atoms with Crippen molar-refractivity contribution in [3.05, 3.63) is 29.6 Å². The third-order valence-electron chi connectivity index (χ3n) is 4.86. The van der Waals surface area contributed by atoms with Crippen molar-refractivity contribution >= 4 is 0 Å². The number of hydrogen-bond donors (Lipinski definition) is 0. The Morgan fingerprint density at radius 1 is 0.870 bits per heavy atom. The smallest absolute Gasteiger partial charge is 0.113 e. The number of pyridine rings is 1. The van der Waals surface area contributed by atoms with Crippen LogP contribution in [0.1, 0.15) is 56.3 Å². The molecule has 23 heavy (non-hydrogen) atoms. The van der Waals surface area contributed by atoms with Gasteiger partial charge in [-0.15, -0.1) is 0 Å². The minimum atomic E-state index is 0.929. The summed E-state index contributed by atoms with van der Waals surface area (Å²) in [5.41, 5.74) is 2.09. The molecule has 2 aliphatic rings. The fourth-order valence-corrected chi connectivity index (χ4v) is 3.53. The Morgan fingerprint density at radius 3 is 2.30 bits per heavy atom. The topological polar surface area (TPSA) is 19.4 Å². The average molecular weight is 311 g/mol. The number of hydrogen-bond acceptors (Lipinski definition) is 3. The molecule has 0 atom stereocenters. The molecule has 2 saturated heterocycles. The zero-order chi connectivity index (χ0) is 15.7. The Balaban J connectivity index is 1.48. The van der Waals surface area contributed by atoms with E-state index in [0.717, 1.165) is 30.9 Å². The summed E-state index contributed by atoms with van der Waals surface area (Å²) in [6.07, 6.45) is 9.10. The van der Waals surface area contributed by atoms with Crippen LogP contribution in [0.3, 0.4) is 0 Å². The van der Waals surface area contributed by atoms with Gasteiger partial charge in [0.2, 0.25) is 0 Å². The number of likely N-dealkylation sites (tertiary alicyclic amines) is 2. The van der Waals surface area contributed by atoms with Gasteiger partial charge >= 0.3 is 0 Å². The molecule has 0 saturated carbocycles. The van der Waals surface area contributed by atoms with Gasteiger partial charge in [-0.2, -0.15) is 0 Å². The maximum Gasteiger partial charge on any atom is 0.113 e. The van der Waals surface area contributed by atoms with Crippen molar-refractivity contribution < 1.29 is 0 Å². The first-order valence-corrected chi connectivity index (χ1v) is 9.30. The first kappa shape index (κ1) is 16.5. The Kier molecular flexibility index (Phi) is 6.49. The molecule has 0 bridgehead atoms. The predicted octanol–water partition coefficient (Wildman–Crippen LogP) is 3.30. The van der Waals surface area contributed by atoms with E-state index in [1.54, 1.807) is 0 Å². The molecule has 3 heterocycles. The molecule has 3 nitrogen and oxygen atoms in total. The van der Waals surface area contributed by atoms with Gasteiger partial charge < -0.3 is 4.90 Å². The summed E-state index contributed by atoms with van der Waals surface area (Å²) in [4.78, 5) is 9.78. The highest BCUT2D eigenvalue weighted by atomic mass is 15.1. The summed E-state index contributed by atoms with van der Waals surface area (Å²) in [5.74, 6) is 6.57. The van der Waals surface area contributed by atoms with E-state index in [0.29, 0.717) is 0 Å². The Hall–Kier alpha value is -1.37. The van der Waals surface area contributed by atoms with E-state index in [-0.39, 0.29) is 0 Å². The molecule has 2 aliphatic heterocycles. The van der Waals surface area contributed by atoms with E-state index in [9.17, 15) is 0 Å². The summed E-state index contributed by atoms with van der Waals surface area (Å²) in [6, 6.07) is 6.27. The molecule has 1 aromatic rings. The van der Waals surface area contributed by atoms with E-state index < -0.39 is 0 Å². The van der Waals surface area contributed by atoms with Crippen molar-refractivity contribution in [1.82, 2.24) is 14.8 Å². The quantitative estimate of drug-likeness (QED) is 0.795. The summed E-state index contributed by atoms with van der Waals surface area (Å²) in [5, 5.41) is 0. The number of rotatable bonds is 4. The first-order valence-electron chi connectivity index (χ1n) is 9.30. The molecule has 0 aromatic carbocycles. The van der Waals surface area contributed by atoms with Crippen LogP contribution in [0.4, 0.5) is 0 Å². The summed E-state index contributed by atoms with van der Waals surface area (Å²) in [6.45, 7) is 7.03. The van der Waals surface area contributed by atoms with Gasteiger partial charge in [0.05, 0.1) is 5.69 Å². The van der Waals surface area contributed by atoms with E-state index >= 15 is 0 Å². The van der Waals surface area contributed by atoms with Crippen LogP contribution in [0.25, 0.3) is 0 Å². The van der Waals surface area contributed by atoms with Crippen LogP contribution >= 0.6 is 0 Å². The van der Waals surface area contributed by atoms with Gasteiger partial charge in [-0.3, -0.25) is 4.90 Å². The van der Waals surface area contributed by atoms with Crippen molar-refractivity contribution in [3.63, 3.8) is 0 Å². The molecule has 0 unspecified atom stereocenters. The van der Waals surface area contributed by atoms with Crippen LogP contribution in [0.5, 0.6) is 0 Å². The van der Waals surface area contributed by atoms with Gasteiger partial charge in [-0.05, 0) is 69.9 Å². The summed E-state index contributed by atoms with van der Waals surface area (Å²) < 4.78 is 0. The molecule has 0 aliphatic carbocycles. The third-order valence-corrected chi connectivity index (χ3v) is 4.86. The second-order valence-corrected chi connectivity index (χ2v) is 6.81. The highest BCUT2D eigenvalue weighted by Gasteiger charge is 2.11. The Labute approximate surface area is 141 Å². The van der Waals surface area contributed by atoms with Crippen molar-refractivity contribution in [1.29, 1.82) is 0 Å². The normalized spacial score (nSPS) is 20.0. The molecule has 0 amide bonds. The lowest BCUT2D eigenvalue weighted by molar-refractivity contribution is 0.218. The van der Waals surface area contributed by atoms with Crippen LogP contribution in [0, 0.1) is 11.8 Å². The monoisotopic (exact) mass is 311 g/mol. The molecule has 0 N–H and O–H groups in total. The van der Waals surface area contributed by atoms with E-state index in [1.165, 1.54) is 64.7 Å². The van der Waals surface area contributed by atoms with Crippen molar-refractivity contribution in [2.24, 2.45) is 0 Å². The lowest BCUT2D eigenvalue weighted by Crippen LogP contribution is -2.30. The minimum absolute atomic E-state index is 0.929. The van der Waals surface area contributed by atoms with Crippen molar-refractivity contribution in [2.45, 2.75) is 51.5 Å². The standard InChI is InChI=1S/C20H29N3/c1-4-13-22(14-5-1)15-8-3-10-19-11-9-12-20(21-19)18-23-16-6-2-7-17-23/h9,11-12H,1-2,4-8,13-18H2. The first-order chi connectivity index (χ1) is 11.4. The van der Waals surface area contributed by atoms with Gasteiger partial charge in [-0.25, -0.2) is 4.98 Å². The second-order valence-electron chi connectivity index (χ2n) is 6.81. The second kappa shape index (κ2) is 9.05. The molecule has 0 spiro atoms. The largest absolute Gasteiger partial charge is 0.302 e. The van der Waals surface area contributed by atoms with Crippen LogP contribution < -0.4 is 0 Å². The van der Waals surface area contributed by atoms with Crippen molar-refractivity contribution in [2.75, 3.05) is 32.7 Å². The van der Waals surface area contributed by atoms with Gasteiger partial charge in [0.15, 0.2) is 0 Å². The summed E-state index contributed by atoms with van der Waals surface area (Å²) >= 11 is 0. The van der Waals surface area contributed by atoms with Crippen LogP contribution in [-0.2, 0) is 6.54 Å². The molecule has 3 heteroatoms. The molecule has 1 aromatic heterocycles. The average Bonchev–Trinajstić information content (AvgIpc) is 2.61. The molecule has 124 valence electrons.